The van der Waals surface area contributed by atoms with Gasteiger partial charge >= 0.3 is 17.9 Å². The molecule has 0 amide bonds. The van der Waals surface area contributed by atoms with Crippen LogP contribution in [-0.2, 0) is 28.6 Å². The lowest BCUT2D eigenvalue weighted by atomic mass is 10.1. The molecule has 0 aliphatic heterocycles. The van der Waals surface area contributed by atoms with Gasteiger partial charge in [0.15, 0.2) is 6.10 Å². The van der Waals surface area contributed by atoms with E-state index >= 15 is 0 Å². The fraction of sp³-hybridized carbons (Fsp3) is 0.522. The number of hydrogen-bond acceptors (Lipinski definition) is 6. The van der Waals surface area contributed by atoms with Crippen molar-refractivity contribution in [2.24, 2.45) is 0 Å². The van der Waals surface area contributed by atoms with Crippen LogP contribution in [0.4, 0.5) is 0 Å². The second-order valence-electron chi connectivity index (χ2n) is 18.4. The molecule has 0 saturated heterocycles. The first-order chi connectivity index (χ1) is 37.0. The minimum absolute atomic E-state index is 0.133. The maximum absolute atomic E-state index is 12.8. The standard InChI is InChI=1S/C69H104O6/c1-4-7-10-13-16-19-22-25-26-27-28-29-30-31-32-33-34-35-36-37-38-39-40-41-42-45-47-50-53-56-59-62-68(71)74-65-66(75-69(72)63-60-57-54-51-48-44-24-21-18-15-12-9-6-3)64-73-67(70)61-58-55-52-49-46-43-23-20-17-14-11-8-5-2/h7-12,16-21,25-26,28-29,31-32,34-35,37-38,40-41,43-44,46,48,54,57,66H,4-6,13-15,22-24,27,30,33,36,39,42,45,47,49-53,55-56,58-65H2,1-3H3/b10-7-,11-8-,12-9-,19-16-,20-17-,21-18-,26-25-,29-28-,32-31-,35-34-,38-37-,41-40-,46-43-,48-44-,57-54-. The number of carbonyl (C=O) groups excluding carboxylic acids is 3. The first-order valence-electron chi connectivity index (χ1n) is 29.3. The second kappa shape index (κ2) is 61.1. The molecule has 0 heterocycles. The monoisotopic (exact) mass is 1030 g/mol. The zero-order chi connectivity index (χ0) is 54.3. The van der Waals surface area contributed by atoms with Gasteiger partial charge in [0, 0.05) is 19.3 Å². The van der Waals surface area contributed by atoms with Gasteiger partial charge in [-0.05, 0) is 141 Å². The Morgan fingerprint density at radius 1 is 0.267 bits per heavy atom. The summed E-state index contributed by atoms with van der Waals surface area (Å²) in [5.41, 5.74) is 0. The van der Waals surface area contributed by atoms with Crippen molar-refractivity contribution in [3.05, 3.63) is 182 Å². The van der Waals surface area contributed by atoms with Crippen LogP contribution in [0.1, 0.15) is 213 Å². The summed E-state index contributed by atoms with van der Waals surface area (Å²) in [6, 6.07) is 0. The van der Waals surface area contributed by atoms with Crippen molar-refractivity contribution in [1.82, 2.24) is 0 Å². The van der Waals surface area contributed by atoms with Gasteiger partial charge < -0.3 is 14.2 Å². The molecule has 1 unspecified atom stereocenters. The average Bonchev–Trinajstić information content (AvgIpc) is 3.41. The molecule has 1 atom stereocenters. The van der Waals surface area contributed by atoms with Crippen LogP contribution in [0, 0.1) is 0 Å². The summed E-state index contributed by atoms with van der Waals surface area (Å²) in [5.74, 6) is -1.07. The van der Waals surface area contributed by atoms with Gasteiger partial charge in [-0.25, -0.2) is 0 Å². The van der Waals surface area contributed by atoms with Crippen molar-refractivity contribution < 1.29 is 28.6 Å². The van der Waals surface area contributed by atoms with Gasteiger partial charge in [0.1, 0.15) is 13.2 Å². The first-order valence-corrected chi connectivity index (χ1v) is 29.3. The fourth-order valence-corrected chi connectivity index (χ4v) is 7.13. The molecule has 0 rings (SSSR count). The molecule has 0 aromatic heterocycles. The van der Waals surface area contributed by atoms with E-state index in [4.69, 9.17) is 14.2 Å². The lowest BCUT2D eigenvalue weighted by Crippen LogP contribution is -2.30. The quantitative estimate of drug-likeness (QED) is 0.0261. The Morgan fingerprint density at radius 2 is 0.507 bits per heavy atom. The van der Waals surface area contributed by atoms with Gasteiger partial charge in [0.25, 0.3) is 0 Å². The lowest BCUT2D eigenvalue weighted by molar-refractivity contribution is -0.166. The van der Waals surface area contributed by atoms with Crippen LogP contribution in [0.5, 0.6) is 0 Å². The summed E-state index contributed by atoms with van der Waals surface area (Å²) >= 11 is 0. The topological polar surface area (TPSA) is 78.9 Å². The van der Waals surface area contributed by atoms with Crippen molar-refractivity contribution in [2.75, 3.05) is 13.2 Å². The molecule has 0 aliphatic rings. The maximum atomic E-state index is 12.8. The zero-order valence-electron chi connectivity index (χ0n) is 47.5. The molecule has 0 spiro atoms. The number of ether oxygens (including phenoxy) is 3. The van der Waals surface area contributed by atoms with E-state index < -0.39 is 12.1 Å². The lowest BCUT2D eigenvalue weighted by Gasteiger charge is -2.18. The normalized spacial score (nSPS) is 13.5. The highest BCUT2D eigenvalue weighted by atomic mass is 16.6. The highest BCUT2D eigenvalue weighted by Crippen LogP contribution is 2.12. The second-order valence-corrected chi connectivity index (χ2v) is 18.4. The Labute approximate surface area is 459 Å². The Hall–Kier alpha value is -5.49. The molecule has 0 fully saturated rings. The molecule has 0 aromatic rings. The van der Waals surface area contributed by atoms with Gasteiger partial charge in [0.05, 0.1) is 0 Å². The Kier molecular flexibility index (Phi) is 56.6. The molecule has 0 N–H and O–H groups in total. The van der Waals surface area contributed by atoms with Crippen molar-refractivity contribution in [1.29, 1.82) is 0 Å². The highest BCUT2D eigenvalue weighted by Gasteiger charge is 2.19. The van der Waals surface area contributed by atoms with E-state index in [1.807, 2.05) is 12.2 Å². The number of esters is 3. The van der Waals surface area contributed by atoms with E-state index in [9.17, 15) is 14.4 Å². The molecule has 0 radical (unpaired) electrons. The molecule has 416 valence electrons. The Morgan fingerprint density at radius 3 is 0.813 bits per heavy atom. The maximum Gasteiger partial charge on any atom is 0.306 e. The van der Waals surface area contributed by atoms with Gasteiger partial charge in [0.2, 0.25) is 0 Å². The predicted octanol–water partition coefficient (Wildman–Crippen LogP) is 20.1. The first kappa shape index (κ1) is 69.5. The summed E-state index contributed by atoms with van der Waals surface area (Å²) in [4.78, 5) is 38.1. The van der Waals surface area contributed by atoms with Gasteiger partial charge in [-0.2, -0.15) is 0 Å². The molecule has 75 heavy (non-hydrogen) atoms. The van der Waals surface area contributed by atoms with Crippen LogP contribution in [0.2, 0.25) is 0 Å². The van der Waals surface area contributed by atoms with Crippen molar-refractivity contribution >= 4 is 17.9 Å². The van der Waals surface area contributed by atoms with E-state index in [2.05, 4.69) is 191 Å². The fourth-order valence-electron chi connectivity index (χ4n) is 7.13. The Bertz CT molecular complexity index is 1800. The van der Waals surface area contributed by atoms with Gasteiger partial charge in [-0.1, -0.05) is 235 Å². The average molecular weight is 1030 g/mol. The molecular weight excluding hydrogens is 925 g/mol. The van der Waals surface area contributed by atoms with Gasteiger partial charge in [-0.15, -0.1) is 0 Å². The number of rotatable bonds is 50. The summed E-state index contributed by atoms with van der Waals surface area (Å²) in [5, 5.41) is 0. The molecule has 6 nitrogen and oxygen atoms in total. The minimum Gasteiger partial charge on any atom is -0.462 e. The van der Waals surface area contributed by atoms with Crippen LogP contribution in [-0.4, -0.2) is 37.2 Å². The summed E-state index contributed by atoms with van der Waals surface area (Å²) in [6.45, 7) is 6.16. The number of unbranched alkanes of at least 4 members (excludes halogenated alkanes) is 9. The smallest absolute Gasteiger partial charge is 0.306 e. The largest absolute Gasteiger partial charge is 0.462 e. The Balaban J connectivity index is 4.39. The summed E-state index contributed by atoms with van der Waals surface area (Å²) in [6.07, 6.45) is 92.0. The van der Waals surface area contributed by atoms with Crippen molar-refractivity contribution in [3.63, 3.8) is 0 Å². The number of hydrogen-bond donors (Lipinski definition) is 0. The SMILES string of the molecule is CC/C=C\C/C=C\C/C=C\C/C=C\C/C=C\C/C=C\C/C=C\C/C=C\CCCCCCCCC(=O)OCC(COC(=O)CCCCC/C=C\C/C=C\C/C=C\CC)OC(=O)CC/C=C\C/C=C\C/C=C\C/C=C\CC. The molecule has 0 saturated carbocycles. The van der Waals surface area contributed by atoms with E-state index in [1.165, 1.54) is 12.8 Å². The number of allylic oxidation sites excluding steroid dienone is 30. The van der Waals surface area contributed by atoms with Crippen molar-refractivity contribution in [3.8, 4) is 0 Å². The summed E-state index contributed by atoms with van der Waals surface area (Å²) < 4.78 is 16.7. The van der Waals surface area contributed by atoms with Crippen LogP contribution < -0.4 is 0 Å². The molecule has 0 aliphatic carbocycles. The van der Waals surface area contributed by atoms with Crippen LogP contribution in [0.3, 0.4) is 0 Å². The summed E-state index contributed by atoms with van der Waals surface area (Å²) in [7, 11) is 0. The molecular formula is C69H104O6. The molecule has 0 bridgehead atoms. The van der Waals surface area contributed by atoms with Gasteiger partial charge in [-0.3, -0.25) is 14.4 Å². The third-order valence-electron chi connectivity index (χ3n) is 11.4. The third kappa shape index (κ3) is 59.3. The highest BCUT2D eigenvalue weighted by molar-refractivity contribution is 5.71. The van der Waals surface area contributed by atoms with E-state index in [0.717, 1.165) is 154 Å². The predicted molar refractivity (Wildman–Crippen MR) is 324 cm³/mol. The van der Waals surface area contributed by atoms with E-state index in [-0.39, 0.29) is 31.6 Å². The molecule has 0 aromatic carbocycles. The van der Waals surface area contributed by atoms with E-state index in [1.54, 1.807) is 0 Å². The molecule has 6 heteroatoms. The zero-order valence-corrected chi connectivity index (χ0v) is 47.5. The van der Waals surface area contributed by atoms with Crippen LogP contribution in [0.15, 0.2) is 182 Å². The minimum atomic E-state index is -0.844. The van der Waals surface area contributed by atoms with Crippen molar-refractivity contribution in [2.45, 2.75) is 219 Å². The third-order valence-corrected chi connectivity index (χ3v) is 11.4. The van der Waals surface area contributed by atoms with E-state index in [0.29, 0.717) is 19.3 Å². The number of carbonyl (C=O) groups is 3. The van der Waals surface area contributed by atoms with Crippen LogP contribution in [0.25, 0.3) is 0 Å². The van der Waals surface area contributed by atoms with Crippen LogP contribution >= 0.6 is 0 Å².